The summed E-state index contributed by atoms with van der Waals surface area (Å²) in [6, 6.07) is 9.80. The maximum Gasteiger partial charge on any atom is 0.246 e. The Morgan fingerprint density at radius 1 is 1.07 bits per heavy atom. The van der Waals surface area contributed by atoms with E-state index in [9.17, 15) is 9.59 Å². The van der Waals surface area contributed by atoms with Gasteiger partial charge in [-0.05, 0) is 36.8 Å². The second-order valence-corrected chi connectivity index (χ2v) is 10.1. The predicted octanol–water partition coefficient (Wildman–Crippen LogP) is 3.36. The van der Waals surface area contributed by atoms with E-state index in [1.807, 2.05) is 49.2 Å². The summed E-state index contributed by atoms with van der Waals surface area (Å²) in [6.07, 6.45) is 3.45. The SMILES string of the molecule is C=CC(=O)N1CCN(c2nc(N(C)CCC(=O)N(C)C)nc3c(Oc4c(C)ccc5[nH]ncc45)cccc23)CC1. The Morgan fingerprint density at radius 2 is 1.85 bits per heavy atom. The molecule has 3 heterocycles. The fourth-order valence-electron chi connectivity index (χ4n) is 4.79. The van der Waals surface area contributed by atoms with Crippen LogP contribution in [0.15, 0.2) is 49.2 Å². The average molecular weight is 543 g/mol. The number of nitrogens with zero attached hydrogens (tertiary/aromatic N) is 7. The first-order valence-corrected chi connectivity index (χ1v) is 13.3. The monoisotopic (exact) mass is 542 g/mol. The first-order chi connectivity index (χ1) is 19.3. The number of para-hydroxylation sites is 1. The Labute approximate surface area is 233 Å². The second-order valence-electron chi connectivity index (χ2n) is 10.1. The first kappa shape index (κ1) is 26.9. The minimum absolute atomic E-state index is 0.0311. The number of hydrogen-bond donors (Lipinski definition) is 1. The molecule has 4 aromatic rings. The van der Waals surface area contributed by atoms with Crippen molar-refractivity contribution >= 4 is 45.4 Å². The molecule has 11 heteroatoms. The normalized spacial score (nSPS) is 13.5. The van der Waals surface area contributed by atoms with Crippen molar-refractivity contribution in [2.24, 2.45) is 0 Å². The van der Waals surface area contributed by atoms with Gasteiger partial charge in [0.1, 0.15) is 17.1 Å². The van der Waals surface area contributed by atoms with Crippen LogP contribution in [0.5, 0.6) is 11.5 Å². The van der Waals surface area contributed by atoms with E-state index in [0.29, 0.717) is 62.1 Å². The van der Waals surface area contributed by atoms with Crippen molar-refractivity contribution in [1.82, 2.24) is 30.0 Å². The van der Waals surface area contributed by atoms with Crippen LogP contribution in [0.2, 0.25) is 0 Å². The number of ether oxygens (including phenoxy) is 1. The van der Waals surface area contributed by atoms with Crippen molar-refractivity contribution in [3.63, 3.8) is 0 Å². The van der Waals surface area contributed by atoms with Gasteiger partial charge in [0.05, 0.1) is 17.1 Å². The number of carbonyl (C=O) groups is 2. The number of H-pyrrole nitrogens is 1. The van der Waals surface area contributed by atoms with Gasteiger partial charge in [-0.1, -0.05) is 18.7 Å². The standard InChI is InChI=1S/C29H34N8O3/c1-6-24(38)36-14-16-37(17-15-36)28-20-8-7-9-23(40-27-19(2)10-11-22-21(27)18-30-33-22)26(20)31-29(32-28)35(5)13-12-25(39)34(3)4/h6-11,18H,1,12-17H2,2-5H3,(H,30,33). The molecule has 5 rings (SSSR count). The molecule has 1 saturated heterocycles. The Balaban J connectivity index is 1.56. The van der Waals surface area contributed by atoms with Crippen molar-refractivity contribution in [3.8, 4) is 11.5 Å². The molecule has 0 unspecified atom stereocenters. The zero-order chi connectivity index (χ0) is 28.4. The van der Waals surface area contributed by atoms with Crippen LogP contribution in [-0.4, -0.2) is 95.6 Å². The van der Waals surface area contributed by atoms with Crippen LogP contribution in [0.25, 0.3) is 21.8 Å². The third-order valence-corrected chi connectivity index (χ3v) is 7.21. The molecule has 2 aromatic carbocycles. The number of aromatic nitrogens is 4. The zero-order valence-corrected chi connectivity index (χ0v) is 23.3. The summed E-state index contributed by atoms with van der Waals surface area (Å²) < 4.78 is 6.55. The van der Waals surface area contributed by atoms with Crippen LogP contribution in [0.4, 0.5) is 11.8 Å². The van der Waals surface area contributed by atoms with Gasteiger partial charge in [-0.15, -0.1) is 0 Å². The van der Waals surface area contributed by atoms with Crippen LogP contribution in [0, 0.1) is 6.92 Å². The molecule has 2 aromatic heterocycles. The molecule has 0 bridgehead atoms. The van der Waals surface area contributed by atoms with E-state index in [1.165, 1.54) is 6.08 Å². The van der Waals surface area contributed by atoms with E-state index in [2.05, 4.69) is 21.7 Å². The first-order valence-electron chi connectivity index (χ1n) is 13.3. The smallest absolute Gasteiger partial charge is 0.246 e. The molecular weight excluding hydrogens is 508 g/mol. The Bertz CT molecular complexity index is 1570. The third-order valence-electron chi connectivity index (χ3n) is 7.21. The minimum Gasteiger partial charge on any atom is -0.454 e. The Morgan fingerprint density at radius 3 is 2.58 bits per heavy atom. The van der Waals surface area contributed by atoms with Crippen LogP contribution >= 0.6 is 0 Å². The topological polar surface area (TPSA) is 111 Å². The molecular formula is C29H34N8O3. The van der Waals surface area contributed by atoms with E-state index in [-0.39, 0.29) is 11.8 Å². The van der Waals surface area contributed by atoms with Crippen molar-refractivity contribution in [1.29, 1.82) is 0 Å². The number of anilines is 2. The van der Waals surface area contributed by atoms with Crippen LogP contribution in [-0.2, 0) is 9.59 Å². The molecule has 1 N–H and O–H groups in total. The van der Waals surface area contributed by atoms with Crippen molar-refractivity contribution in [2.75, 3.05) is 63.7 Å². The summed E-state index contributed by atoms with van der Waals surface area (Å²) in [4.78, 5) is 41.8. The molecule has 0 aliphatic carbocycles. The lowest BCUT2D eigenvalue weighted by Gasteiger charge is -2.35. The summed E-state index contributed by atoms with van der Waals surface area (Å²) >= 11 is 0. The van der Waals surface area contributed by atoms with E-state index in [1.54, 1.807) is 30.1 Å². The number of benzene rings is 2. The molecule has 0 spiro atoms. The molecule has 1 aliphatic rings. The van der Waals surface area contributed by atoms with Gasteiger partial charge in [0.2, 0.25) is 17.8 Å². The van der Waals surface area contributed by atoms with Crippen molar-refractivity contribution < 1.29 is 14.3 Å². The lowest BCUT2D eigenvalue weighted by Crippen LogP contribution is -2.48. The molecule has 2 amide bonds. The number of rotatable bonds is 8. The number of hydrogen-bond acceptors (Lipinski definition) is 8. The molecule has 11 nitrogen and oxygen atoms in total. The summed E-state index contributed by atoms with van der Waals surface area (Å²) in [5, 5.41) is 8.91. The molecule has 40 heavy (non-hydrogen) atoms. The molecule has 0 radical (unpaired) electrons. The van der Waals surface area contributed by atoms with Gasteiger partial charge in [-0.3, -0.25) is 14.7 Å². The predicted molar refractivity (Wildman–Crippen MR) is 156 cm³/mol. The number of fused-ring (bicyclic) bond motifs is 2. The summed E-state index contributed by atoms with van der Waals surface area (Å²) in [5.41, 5.74) is 2.52. The summed E-state index contributed by atoms with van der Waals surface area (Å²) in [5.74, 6) is 2.52. The number of amides is 2. The van der Waals surface area contributed by atoms with Crippen LogP contribution < -0.4 is 14.5 Å². The number of piperazine rings is 1. The Kier molecular flexibility index (Phi) is 7.54. The van der Waals surface area contributed by atoms with E-state index in [0.717, 1.165) is 27.7 Å². The summed E-state index contributed by atoms with van der Waals surface area (Å²) in [7, 11) is 5.38. The molecule has 0 saturated carbocycles. The highest BCUT2D eigenvalue weighted by molar-refractivity contribution is 5.95. The quantitative estimate of drug-likeness (QED) is 0.338. The molecule has 0 atom stereocenters. The number of aromatic amines is 1. The van der Waals surface area contributed by atoms with E-state index < -0.39 is 0 Å². The maximum absolute atomic E-state index is 12.3. The van der Waals surface area contributed by atoms with Crippen LogP contribution in [0.1, 0.15) is 12.0 Å². The maximum atomic E-state index is 12.3. The van der Waals surface area contributed by atoms with E-state index >= 15 is 0 Å². The fourth-order valence-corrected chi connectivity index (χ4v) is 4.79. The van der Waals surface area contributed by atoms with Gasteiger partial charge < -0.3 is 24.3 Å². The fraction of sp³-hybridized carbons (Fsp3) is 0.345. The Hall–Kier alpha value is -4.67. The van der Waals surface area contributed by atoms with Gasteiger partial charge in [0.15, 0.2) is 5.75 Å². The average Bonchev–Trinajstić information content (AvgIpc) is 3.45. The third kappa shape index (κ3) is 5.27. The lowest BCUT2D eigenvalue weighted by atomic mass is 10.1. The number of aryl methyl sites for hydroxylation is 1. The van der Waals surface area contributed by atoms with Gasteiger partial charge in [0.25, 0.3) is 0 Å². The molecule has 1 fully saturated rings. The van der Waals surface area contributed by atoms with Crippen molar-refractivity contribution in [3.05, 3.63) is 54.7 Å². The lowest BCUT2D eigenvalue weighted by molar-refractivity contribution is -0.128. The van der Waals surface area contributed by atoms with Gasteiger partial charge in [-0.25, -0.2) is 4.98 Å². The highest BCUT2D eigenvalue weighted by atomic mass is 16.5. The summed E-state index contributed by atoms with van der Waals surface area (Å²) in [6.45, 7) is 8.44. The molecule has 1 aliphatic heterocycles. The number of nitrogens with one attached hydrogen (secondary N) is 1. The highest BCUT2D eigenvalue weighted by Crippen LogP contribution is 2.38. The highest BCUT2D eigenvalue weighted by Gasteiger charge is 2.25. The molecule has 208 valence electrons. The van der Waals surface area contributed by atoms with Gasteiger partial charge in [-0.2, -0.15) is 10.1 Å². The minimum atomic E-state index is -0.0716. The second kappa shape index (κ2) is 11.2. The largest absolute Gasteiger partial charge is 0.454 e. The zero-order valence-electron chi connectivity index (χ0n) is 23.3. The van der Waals surface area contributed by atoms with E-state index in [4.69, 9.17) is 14.7 Å². The van der Waals surface area contributed by atoms with Gasteiger partial charge >= 0.3 is 0 Å². The van der Waals surface area contributed by atoms with Crippen LogP contribution in [0.3, 0.4) is 0 Å². The van der Waals surface area contributed by atoms with Crippen molar-refractivity contribution in [2.45, 2.75) is 13.3 Å². The van der Waals surface area contributed by atoms with Gasteiger partial charge in [0, 0.05) is 65.7 Å². The number of carbonyl (C=O) groups excluding carboxylic acids is 2.